The highest BCUT2D eigenvalue weighted by molar-refractivity contribution is 6.78. The van der Waals surface area contributed by atoms with Crippen molar-refractivity contribution in [3.05, 3.63) is 0 Å². The number of methoxy groups -OCH3 is 1. The summed E-state index contributed by atoms with van der Waals surface area (Å²) >= 11 is 0. The van der Waals surface area contributed by atoms with Gasteiger partial charge in [-0.3, -0.25) is 4.79 Å². The first-order chi connectivity index (χ1) is 5.05. The second-order valence-corrected chi connectivity index (χ2v) is 8.92. The van der Waals surface area contributed by atoms with Gasteiger partial charge in [0.2, 0.25) is 0 Å². The minimum Gasteiger partial charge on any atom is -0.468 e. The van der Waals surface area contributed by atoms with E-state index < -0.39 is 8.07 Å². The average molecular weight is 210 g/mol. The van der Waals surface area contributed by atoms with E-state index >= 15 is 0 Å². The summed E-state index contributed by atoms with van der Waals surface area (Å²) in [6.45, 7) is 4.56. The molecule has 0 aromatic rings. The Labute approximate surface area is 80.3 Å². The fourth-order valence-electron chi connectivity index (χ4n) is 1.41. The van der Waals surface area contributed by atoms with Gasteiger partial charge in [-0.15, -0.1) is 12.4 Å². The van der Waals surface area contributed by atoms with Crippen LogP contribution in [0.25, 0.3) is 0 Å². The van der Waals surface area contributed by atoms with Crippen LogP contribution < -0.4 is 5.32 Å². The molecule has 1 aliphatic rings. The molecule has 1 heterocycles. The van der Waals surface area contributed by atoms with E-state index in [4.69, 9.17) is 0 Å². The molecule has 3 nitrogen and oxygen atoms in total. The van der Waals surface area contributed by atoms with Gasteiger partial charge >= 0.3 is 5.97 Å². The Hall–Kier alpha value is -0.0631. The zero-order chi connectivity index (χ0) is 8.48. The van der Waals surface area contributed by atoms with Crippen molar-refractivity contribution in [1.82, 2.24) is 5.32 Å². The maximum absolute atomic E-state index is 11.0. The molecular formula is C7H16ClNO2Si. The van der Waals surface area contributed by atoms with Crippen molar-refractivity contribution in [3.63, 3.8) is 0 Å². The second-order valence-electron chi connectivity index (χ2n) is 3.82. The van der Waals surface area contributed by atoms with Crippen LogP contribution in [-0.2, 0) is 9.53 Å². The summed E-state index contributed by atoms with van der Waals surface area (Å²) < 4.78 is 4.65. The summed E-state index contributed by atoms with van der Waals surface area (Å²) in [6.07, 6.45) is 1.03. The Morgan fingerprint density at radius 1 is 1.58 bits per heavy atom. The number of carbonyl (C=O) groups excluding carboxylic acids is 1. The van der Waals surface area contributed by atoms with Crippen LogP contribution in [-0.4, -0.2) is 33.4 Å². The van der Waals surface area contributed by atoms with E-state index in [1.54, 1.807) is 0 Å². The minimum absolute atomic E-state index is 0. The molecule has 1 aliphatic heterocycles. The molecule has 1 atom stereocenters. The van der Waals surface area contributed by atoms with Crippen LogP contribution in [0.15, 0.2) is 0 Å². The largest absolute Gasteiger partial charge is 0.468 e. The highest BCUT2D eigenvalue weighted by Crippen LogP contribution is 2.18. The monoisotopic (exact) mass is 209 g/mol. The summed E-state index contributed by atoms with van der Waals surface area (Å²) in [5.74, 6) is -0.108. The first kappa shape index (κ1) is 11.9. The van der Waals surface area contributed by atoms with Crippen LogP contribution in [0, 0.1) is 0 Å². The molecule has 0 aromatic carbocycles. The molecule has 1 saturated heterocycles. The normalized spacial score (nSPS) is 26.1. The fraction of sp³-hybridized carbons (Fsp3) is 0.857. The van der Waals surface area contributed by atoms with Crippen molar-refractivity contribution in [2.45, 2.75) is 25.2 Å². The van der Waals surface area contributed by atoms with E-state index in [1.165, 1.54) is 7.11 Å². The van der Waals surface area contributed by atoms with Crippen molar-refractivity contribution in [2.24, 2.45) is 0 Å². The predicted molar refractivity (Wildman–Crippen MR) is 53.3 cm³/mol. The number of hydrogen-bond donors (Lipinski definition) is 1. The van der Waals surface area contributed by atoms with Crippen molar-refractivity contribution < 1.29 is 9.53 Å². The first-order valence-electron chi connectivity index (χ1n) is 3.86. The fourth-order valence-corrected chi connectivity index (χ4v) is 3.76. The maximum Gasteiger partial charge on any atom is 0.322 e. The van der Waals surface area contributed by atoms with Crippen molar-refractivity contribution >= 4 is 26.5 Å². The first-order valence-corrected chi connectivity index (χ1v) is 7.28. The molecule has 0 spiro atoms. The summed E-state index contributed by atoms with van der Waals surface area (Å²) in [5.41, 5.74) is 0. The zero-order valence-corrected chi connectivity index (χ0v) is 9.53. The van der Waals surface area contributed by atoms with Gasteiger partial charge in [-0.1, -0.05) is 13.1 Å². The minimum atomic E-state index is -1.09. The molecule has 0 saturated carbocycles. The Kier molecular flexibility index (Phi) is 4.23. The van der Waals surface area contributed by atoms with Crippen LogP contribution in [0.4, 0.5) is 0 Å². The van der Waals surface area contributed by atoms with E-state index in [-0.39, 0.29) is 24.4 Å². The van der Waals surface area contributed by atoms with Gasteiger partial charge in [-0.25, -0.2) is 0 Å². The molecule has 1 rings (SSSR count). The number of rotatable bonds is 1. The Balaban J connectivity index is 0.00000121. The quantitative estimate of drug-likeness (QED) is 0.513. The summed E-state index contributed by atoms with van der Waals surface area (Å²) in [5, 5.41) is 3.18. The molecule has 12 heavy (non-hydrogen) atoms. The third-order valence-electron chi connectivity index (χ3n) is 2.07. The molecule has 0 bridgehead atoms. The third kappa shape index (κ3) is 2.77. The Bertz CT molecular complexity index is 175. The van der Waals surface area contributed by atoms with Gasteiger partial charge in [0, 0.05) is 0 Å². The lowest BCUT2D eigenvalue weighted by atomic mass is 10.3. The molecule has 0 aliphatic carbocycles. The molecule has 1 N–H and O–H groups in total. The van der Waals surface area contributed by atoms with Crippen LogP contribution in [0.3, 0.4) is 0 Å². The number of ether oxygens (including phenoxy) is 1. The van der Waals surface area contributed by atoms with Crippen LogP contribution in [0.2, 0.25) is 19.1 Å². The molecule has 72 valence electrons. The van der Waals surface area contributed by atoms with Crippen LogP contribution in [0.5, 0.6) is 0 Å². The van der Waals surface area contributed by atoms with Gasteiger partial charge < -0.3 is 10.1 Å². The van der Waals surface area contributed by atoms with Gasteiger partial charge in [-0.2, -0.15) is 0 Å². The SMILES string of the molecule is COC(=O)C1C[Si](C)(C)CN1.Cl. The maximum atomic E-state index is 11.0. The molecule has 1 fully saturated rings. The van der Waals surface area contributed by atoms with Gasteiger partial charge in [0.15, 0.2) is 0 Å². The molecule has 1 unspecified atom stereocenters. The lowest BCUT2D eigenvalue weighted by Crippen LogP contribution is -2.31. The van der Waals surface area contributed by atoms with Crippen molar-refractivity contribution in [1.29, 1.82) is 0 Å². The van der Waals surface area contributed by atoms with Gasteiger partial charge in [0.1, 0.15) is 6.04 Å². The summed E-state index contributed by atoms with van der Waals surface area (Å²) in [7, 11) is 0.347. The molecule has 5 heteroatoms. The van der Waals surface area contributed by atoms with E-state index in [1.807, 2.05) is 0 Å². The topological polar surface area (TPSA) is 38.3 Å². The lowest BCUT2D eigenvalue weighted by Gasteiger charge is -2.11. The van der Waals surface area contributed by atoms with Crippen molar-refractivity contribution in [2.75, 3.05) is 13.3 Å². The standard InChI is InChI=1S/C7H15NO2Si.ClH/c1-10-7(9)6-4-11(2,3)5-8-6;/h6,8H,4-5H2,1-3H3;1H. The number of esters is 1. The van der Waals surface area contributed by atoms with Crippen LogP contribution >= 0.6 is 12.4 Å². The average Bonchev–Trinajstić information content (AvgIpc) is 2.29. The molecule has 0 amide bonds. The van der Waals surface area contributed by atoms with Gasteiger partial charge in [-0.05, 0) is 12.2 Å². The van der Waals surface area contributed by atoms with E-state index in [9.17, 15) is 4.79 Å². The molecule has 0 aromatic heterocycles. The predicted octanol–water partition coefficient (Wildman–Crippen LogP) is 0.801. The smallest absolute Gasteiger partial charge is 0.322 e. The number of carbonyl (C=O) groups is 1. The van der Waals surface area contributed by atoms with E-state index in [2.05, 4.69) is 23.1 Å². The molecule has 0 radical (unpaired) electrons. The zero-order valence-electron chi connectivity index (χ0n) is 7.72. The summed E-state index contributed by atoms with van der Waals surface area (Å²) in [6, 6.07) is 0.987. The lowest BCUT2D eigenvalue weighted by molar-refractivity contribution is -0.142. The number of nitrogens with one attached hydrogen (secondary N) is 1. The van der Waals surface area contributed by atoms with Crippen molar-refractivity contribution in [3.8, 4) is 0 Å². The summed E-state index contributed by atoms with van der Waals surface area (Å²) in [4.78, 5) is 11.0. The Morgan fingerprint density at radius 3 is 2.50 bits per heavy atom. The second kappa shape index (κ2) is 4.25. The highest BCUT2D eigenvalue weighted by Gasteiger charge is 2.36. The van der Waals surface area contributed by atoms with Gasteiger partial charge in [0.25, 0.3) is 0 Å². The van der Waals surface area contributed by atoms with E-state index in [0.717, 1.165) is 12.2 Å². The van der Waals surface area contributed by atoms with Gasteiger partial charge in [0.05, 0.1) is 15.2 Å². The molecular weight excluding hydrogens is 194 g/mol. The highest BCUT2D eigenvalue weighted by atomic mass is 35.5. The van der Waals surface area contributed by atoms with Crippen LogP contribution in [0.1, 0.15) is 0 Å². The Morgan fingerprint density at radius 2 is 2.17 bits per heavy atom. The van der Waals surface area contributed by atoms with E-state index in [0.29, 0.717) is 0 Å². The number of halogens is 1. The number of hydrogen-bond acceptors (Lipinski definition) is 3. The third-order valence-corrected chi connectivity index (χ3v) is 4.74.